The first kappa shape index (κ1) is 105. The number of carbonyl (C=O) groups excluding carboxylic acids is 8. The topological polar surface area (TPSA) is 312 Å². The van der Waals surface area contributed by atoms with Crippen molar-refractivity contribution in [3.8, 4) is 71.0 Å². The molecule has 4 amide bonds. The Bertz CT molecular complexity index is 5200. The summed E-state index contributed by atoms with van der Waals surface area (Å²) in [6, 6.07) is 34.0. The van der Waals surface area contributed by atoms with Crippen LogP contribution in [0.15, 0.2) is 146 Å². The van der Waals surface area contributed by atoms with Crippen molar-refractivity contribution in [3.05, 3.63) is 212 Å². The fourth-order valence-electron chi connectivity index (χ4n) is 13.2. The van der Waals surface area contributed by atoms with Gasteiger partial charge in [-0.2, -0.15) is 0 Å². The van der Waals surface area contributed by atoms with E-state index in [9.17, 15) is 93.9 Å². The van der Waals surface area contributed by atoms with Crippen molar-refractivity contribution < 1.29 is 103 Å². The van der Waals surface area contributed by atoms with Crippen LogP contribution in [0.5, 0.6) is 0 Å². The van der Waals surface area contributed by atoms with Crippen molar-refractivity contribution in [1.82, 2.24) is 51.1 Å². The fourth-order valence-corrected chi connectivity index (χ4v) is 13.2. The molecule has 6 aromatic rings. The molecule has 6 aromatic carbocycles. The minimum absolute atomic E-state index is 0.0731. The molecule has 4 saturated heterocycles. The van der Waals surface area contributed by atoms with Crippen LogP contribution in [-0.4, -0.2) is 289 Å². The molecule has 9 N–H and O–H groups in total. The molecule has 130 heavy (non-hydrogen) atoms. The molecule has 4 heterocycles. The Kier molecular flexibility index (Phi) is 41.3. The summed E-state index contributed by atoms with van der Waals surface area (Å²) in [5.41, 5.74) is -3.28. The van der Waals surface area contributed by atoms with Gasteiger partial charge in [0.1, 0.15) is 46.6 Å². The lowest BCUT2D eigenvalue weighted by Crippen LogP contribution is -2.58. The lowest BCUT2D eigenvalue weighted by molar-refractivity contribution is -0.139. The van der Waals surface area contributed by atoms with Crippen LogP contribution in [0.1, 0.15) is 148 Å². The van der Waals surface area contributed by atoms with E-state index >= 15 is 0 Å². The molecule has 0 saturated carbocycles. The van der Waals surface area contributed by atoms with Gasteiger partial charge in [0.25, 0.3) is 49.3 Å². The highest BCUT2D eigenvalue weighted by atomic mass is 19.3. The number of nitrogens with one attached hydrogen (secondary N) is 5. The number of alkyl halides is 8. The van der Waals surface area contributed by atoms with Crippen molar-refractivity contribution in [2.45, 2.75) is 154 Å². The Hall–Kier alpha value is -11.8. The molecular weight excluding hydrogens is 1690 g/mol. The van der Waals surface area contributed by atoms with Crippen molar-refractivity contribution in [2.75, 3.05) is 119 Å². The van der Waals surface area contributed by atoms with Gasteiger partial charge in [-0.1, -0.05) is 71.6 Å². The molecule has 1 unspecified atom stereocenters. The van der Waals surface area contributed by atoms with E-state index in [1.807, 2.05) is 31.2 Å². The molecule has 0 aliphatic carbocycles. The lowest BCUT2D eigenvalue weighted by Gasteiger charge is -2.32. The fraction of sp³-hybridized carbons (Fsp3) is 0.429. The minimum atomic E-state index is -3.20. The summed E-state index contributed by atoms with van der Waals surface area (Å²) < 4.78 is 115. The van der Waals surface area contributed by atoms with E-state index in [1.54, 1.807) is 48.5 Å². The average molecular weight is 1800 g/mol. The van der Waals surface area contributed by atoms with E-state index in [4.69, 9.17) is 9.47 Å². The Morgan fingerprint density at radius 3 is 0.931 bits per heavy atom. The average Bonchev–Trinajstić information content (AvgIpc) is 0.828. The number of halogens is 8. The molecule has 4 fully saturated rings. The third-order valence-electron chi connectivity index (χ3n) is 21.6. The summed E-state index contributed by atoms with van der Waals surface area (Å²) >= 11 is 0. The number of likely N-dealkylation sites (N-methyl/N-ethyl adjacent to an activating group) is 1. The summed E-state index contributed by atoms with van der Waals surface area (Å²) in [6.07, 6.45) is -12.8. The zero-order valence-corrected chi connectivity index (χ0v) is 74.1. The van der Waals surface area contributed by atoms with Crippen molar-refractivity contribution in [1.29, 1.82) is 0 Å². The number of nitrogens with zero attached hydrogens (tertiary/aromatic N) is 5. The number of hydrogen-bond donors (Lipinski definition) is 9. The molecule has 10 rings (SSSR count). The van der Waals surface area contributed by atoms with Crippen LogP contribution in [0, 0.1) is 71.0 Å². The van der Waals surface area contributed by atoms with Gasteiger partial charge in [-0.25, -0.2) is 35.1 Å². The Labute approximate surface area is 753 Å². The number of carbonyl (C=O) groups is 8. The minimum Gasteiger partial charge on any atom is -0.382 e. The van der Waals surface area contributed by atoms with Crippen LogP contribution < -0.4 is 26.6 Å². The largest absolute Gasteiger partial charge is 0.382 e. The number of morpholine rings is 2. The first-order valence-corrected chi connectivity index (χ1v) is 41.9. The third-order valence-corrected chi connectivity index (χ3v) is 21.6. The summed E-state index contributed by atoms with van der Waals surface area (Å²) in [5.74, 6) is 29.1. The summed E-state index contributed by atoms with van der Waals surface area (Å²) in [5, 5.41) is 51.7. The van der Waals surface area contributed by atoms with E-state index in [0.29, 0.717) is 55.2 Å². The SMILES string of the molecule is CC(=O)[C@@H](NC(=O)c1ccc(C#CC#CC(C)N2CCOCC2)cc1)[C@](C)(O)C(F)F.CC(=O)[C@@H](NC(=O)c1ccc(C#CC#CCN2CCOCC2)cc1)[C@](C)(O)C(F)F.CC(=O)[C@@H](NC(=O)c1ccc(C#Cc2ccc(CN3CCN(C)CC3)cc2)cc1)[C@](C)(O)C(F)F.CC(=O)[C@@H](NC(=O)c1ccc(C#Cc2ccc(CN3CCNCC3)cc2)cc1)[C@](C)(O)C(F)F. The van der Waals surface area contributed by atoms with Crippen molar-refractivity contribution in [2.24, 2.45) is 0 Å². The first-order chi connectivity index (χ1) is 61.6. The predicted molar refractivity (Wildman–Crippen MR) is 474 cm³/mol. The van der Waals surface area contributed by atoms with Gasteiger partial charge >= 0.3 is 0 Å². The maximum Gasteiger partial charge on any atom is 0.269 e. The molecular formula is C98H110F8N10O14. The van der Waals surface area contributed by atoms with Gasteiger partial charge in [-0.15, -0.1) is 0 Å². The molecule has 32 heteroatoms. The summed E-state index contributed by atoms with van der Waals surface area (Å²) in [6.45, 7) is 26.4. The molecule has 0 bridgehead atoms. The predicted octanol–water partition coefficient (Wildman–Crippen LogP) is 7.28. The van der Waals surface area contributed by atoms with Gasteiger partial charge in [0.2, 0.25) is 0 Å². The number of hydrogen-bond acceptors (Lipinski definition) is 20. The number of Topliss-reactive ketones (excluding diaryl/α,β-unsaturated/α-hetero) is 4. The van der Waals surface area contributed by atoms with Crippen molar-refractivity contribution >= 4 is 46.8 Å². The second-order valence-electron chi connectivity index (χ2n) is 32.3. The Morgan fingerprint density at radius 1 is 0.369 bits per heavy atom. The molecule has 4 aliphatic rings. The zero-order chi connectivity index (χ0) is 95.5. The lowest BCUT2D eigenvalue weighted by atomic mass is 9.93. The number of ether oxygens (including phenoxy) is 2. The Balaban J connectivity index is 0.000000238. The molecule has 0 radical (unpaired) electrons. The second-order valence-corrected chi connectivity index (χ2v) is 32.3. The van der Waals surface area contributed by atoms with Gasteiger partial charge in [-0.05, 0) is 225 Å². The molecule has 4 aliphatic heterocycles. The van der Waals surface area contributed by atoms with E-state index < -0.39 is 119 Å². The van der Waals surface area contributed by atoms with Gasteiger partial charge in [0.05, 0.1) is 39.0 Å². The maximum atomic E-state index is 13.1. The van der Waals surface area contributed by atoms with Gasteiger partial charge in [-0.3, -0.25) is 58.0 Å². The number of aliphatic hydroxyl groups is 4. The molecule has 24 nitrogen and oxygen atoms in total. The number of benzene rings is 6. The van der Waals surface area contributed by atoms with Crippen LogP contribution in [0.2, 0.25) is 0 Å². The third kappa shape index (κ3) is 33.3. The van der Waals surface area contributed by atoms with E-state index in [0.717, 1.165) is 158 Å². The molecule has 0 aromatic heterocycles. The zero-order valence-electron chi connectivity index (χ0n) is 74.1. The van der Waals surface area contributed by atoms with Crippen LogP contribution >= 0.6 is 0 Å². The summed E-state index contributed by atoms with van der Waals surface area (Å²) in [4.78, 5) is 108. The van der Waals surface area contributed by atoms with Crippen LogP contribution in [0.4, 0.5) is 35.1 Å². The van der Waals surface area contributed by atoms with Crippen molar-refractivity contribution in [3.63, 3.8) is 0 Å². The van der Waals surface area contributed by atoms with Gasteiger partial charge < -0.3 is 61.4 Å². The number of amides is 4. The highest BCUT2D eigenvalue weighted by molar-refractivity contribution is 6.00. The quantitative estimate of drug-likeness (QED) is 0.0190. The van der Waals surface area contributed by atoms with E-state index in [-0.39, 0.29) is 28.3 Å². The number of piperazine rings is 2. The Morgan fingerprint density at radius 2 is 0.638 bits per heavy atom. The van der Waals surface area contributed by atoms with Crippen LogP contribution in [-0.2, 0) is 41.7 Å². The highest BCUT2D eigenvalue weighted by Gasteiger charge is 2.48. The number of ketones is 4. The van der Waals surface area contributed by atoms with Gasteiger partial charge in [0, 0.05) is 147 Å². The van der Waals surface area contributed by atoms with Crippen LogP contribution in [0.25, 0.3) is 0 Å². The number of rotatable bonds is 26. The van der Waals surface area contributed by atoms with Crippen LogP contribution in [0.3, 0.4) is 0 Å². The standard InChI is InChI=1S/C27H31F2N3O3.C26H29F2N3O3.C23H26F2N2O4.C22H24F2N2O4/c1-19(33)24(27(2,35)26(28)29)30-25(34)23-12-10-21(11-13-23)5-4-20-6-8-22(9-7-20)18-32-16-14-31(3)15-17-32;1-18(32)23(26(2,34)25(27)28)30-24(33)22-11-9-20(10-12-22)4-3-19-5-7-21(8-6-19)17-31-15-13-29-14-16-31;1-16(27-12-14-31-15-13-27)6-4-5-7-18-8-10-19(11-9-18)21(29)26-20(17(2)28)23(3,30)22(24)25;1-16(27)19(22(2,29)21(23)24)25-20(28)18-9-7-17(8-10-18)6-4-3-5-11-26-12-14-30-15-13-26/h6-13,24,26,35H,14-18H2,1-3H3,(H,30,34);5-12,23,25,29,34H,13-17H2,1-2H3,(H,30,33);8-11,16,20,22,30H,12-15H2,1-3H3,(H,26,29);7-10,19,21,29H,11-15H2,1-2H3,(H,25,28)/t24-,27+;23-,26+;16?,20-,23+;19-,22+/m1111/s1. The molecule has 0 spiro atoms. The second kappa shape index (κ2) is 51.0. The van der Waals surface area contributed by atoms with E-state index in [1.165, 1.54) is 59.7 Å². The van der Waals surface area contributed by atoms with Gasteiger partial charge in [0.15, 0.2) is 23.1 Å². The summed E-state index contributed by atoms with van der Waals surface area (Å²) in [7, 11) is 2.14. The first-order valence-electron chi connectivity index (χ1n) is 41.9. The molecule has 9 atom stereocenters. The highest BCUT2D eigenvalue weighted by Crippen LogP contribution is 2.26. The monoisotopic (exact) mass is 1800 g/mol. The smallest absolute Gasteiger partial charge is 0.269 e. The maximum absolute atomic E-state index is 13.1. The van der Waals surface area contributed by atoms with E-state index in [2.05, 4.69) is 153 Å². The molecule has 692 valence electrons. The normalized spacial score (nSPS) is 17.2.